The van der Waals surface area contributed by atoms with Gasteiger partial charge in [-0.2, -0.15) is 10.2 Å². The number of aromatic nitrogens is 8. The highest BCUT2D eigenvalue weighted by molar-refractivity contribution is 5.94. The number of hydrogen-bond donors (Lipinski definition) is 7. The van der Waals surface area contributed by atoms with Crippen molar-refractivity contribution in [3.8, 4) is 12.3 Å². The predicted molar refractivity (Wildman–Crippen MR) is 188 cm³/mol. The van der Waals surface area contributed by atoms with E-state index in [1.54, 1.807) is 24.3 Å². The number of tetrazole rings is 1. The number of nitrogens with zero attached hydrogens (tertiary/aromatic N) is 7. The molecule has 20 nitrogen and oxygen atoms in total. The molecule has 0 bridgehead atoms. The van der Waals surface area contributed by atoms with Gasteiger partial charge in [0, 0.05) is 37.3 Å². The second-order valence-electron chi connectivity index (χ2n) is 11.1. The summed E-state index contributed by atoms with van der Waals surface area (Å²) in [6.45, 7) is 4.60. The molecule has 0 aliphatic rings. The Bertz CT molecular complexity index is 1780. The molecule has 1 aromatic carbocycles. The Kier molecular flexibility index (Phi) is 16.3. The molecule has 2 amide bonds. The van der Waals surface area contributed by atoms with E-state index in [9.17, 15) is 14.4 Å². The zero-order valence-corrected chi connectivity index (χ0v) is 28.5. The highest BCUT2D eigenvalue weighted by Crippen LogP contribution is 2.16. The summed E-state index contributed by atoms with van der Waals surface area (Å²) in [5.41, 5.74) is 6.88. The molecule has 0 fully saturated rings. The summed E-state index contributed by atoms with van der Waals surface area (Å²) < 4.78 is 16.5. The number of anilines is 2. The van der Waals surface area contributed by atoms with Gasteiger partial charge in [0.1, 0.15) is 0 Å². The lowest BCUT2D eigenvalue weighted by Gasteiger charge is -2.18. The number of nitrogens with two attached hydrogens (primary N) is 1. The van der Waals surface area contributed by atoms with Crippen LogP contribution in [0.1, 0.15) is 40.8 Å². The number of aliphatic hydroxyl groups excluding tert-OH is 1. The van der Waals surface area contributed by atoms with Crippen LogP contribution in [0.3, 0.4) is 0 Å². The number of H-pyrrole nitrogens is 2. The van der Waals surface area contributed by atoms with E-state index in [-0.39, 0.29) is 60.7 Å². The summed E-state index contributed by atoms with van der Waals surface area (Å²) in [7, 11) is 0. The molecule has 52 heavy (non-hydrogen) atoms. The number of rotatable bonds is 24. The Morgan fingerprint density at radius 1 is 1.04 bits per heavy atom. The van der Waals surface area contributed by atoms with Crippen LogP contribution in [0.4, 0.5) is 11.6 Å². The van der Waals surface area contributed by atoms with Crippen LogP contribution in [0.2, 0.25) is 0 Å². The molecule has 1 atom stereocenters. The number of amides is 2. The lowest BCUT2D eigenvalue weighted by atomic mass is 10.1. The average molecular weight is 722 g/mol. The number of terminal acetylenes is 1. The molecule has 4 rings (SSSR count). The van der Waals surface area contributed by atoms with Crippen LogP contribution in [0.15, 0.2) is 35.3 Å². The fraction of sp³-hybridized carbons (Fsp3) is 0.469. The lowest BCUT2D eigenvalue weighted by Crippen LogP contribution is -2.32. The van der Waals surface area contributed by atoms with Crippen molar-refractivity contribution < 1.29 is 28.9 Å². The summed E-state index contributed by atoms with van der Waals surface area (Å²) in [4.78, 5) is 54.4. The first-order chi connectivity index (χ1) is 25.4. The van der Waals surface area contributed by atoms with Crippen molar-refractivity contribution >= 4 is 34.6 Å². The molecule has 8 N–H and O–H groups in total. The molecule has 0 unspecified atom stereocenters. The van der Waals surface area contributed by atoms with Crippen LogP contribution in [0, 0.1) is 12.3 Å². The first-order valence-corrected chi connectivity index (χ1v) is 16.5. The third-order valence-electron chi connectivity index (χ3n) is 7.34. The Balaban J connectivity index is 1.10. The summed E-state index contributed by atoms with van der Waals surface area (Å²) >= 11 is 0. The van der Waals surface area contributed by atoms with Gasteiger partial charge in [0.25, 0.3) is 11.5 Å². The van der Waals surface area contributed by atoms with Gasteiger partial charge in [0.05, 0.1) is 77.3 Å². The molecule has 3 heterocycles. The monoisotopic (exact) mass is 721 g/mol. The van der Waals surface area contributed by atoms with Gasteiger partial charge in [0.2, 0.25) is 11.9 Å². The first-order valence-electron chi connectivity index (χ1n) is 16.5. The maximum Gasteiger partial charge on any atom is 0.280 e. The molecule has 0 aliphatic heterocycles. The van der Waals surface area contributed by atoms with Gasteiger partial charge >= 0.3 is 0 Å². The van der Waals surface area contributed by atoms with E-state index in [1.165, 1.54) is 6.20 Å². The van der Waals surface area contributed by atoms with Crippen molar-refractivity contribution in [1.29, 1.82) is 0 Å². The van der Waals surface area contributed by atoms with Crippen molar-refractivity contribution in [2.75, 3.05) is 83.5 Å². The Hall–Kier alpha value is -5.59. The lowest BCUT2D eigenvalue weighted by molar-refractivity contribution is -0.121. The maximum absolute atomic E-state index is 13.1. The minimum atomic E-state index is -0.672. The third kappa shape index (κ3) is 13.3. The molecule has 3 aromatic heterocycles. The molecular weight excluding hydrogens is 678 g/mol. The zero-order chi connectivity index (χ0) is 37.0. The van der Waals surface area contributed by atoms with Crippen molar-refractivity contribution in [3.63, 3.8) is 0 Å². The second-order valence-corrected chi connectivity index (χ2v) is 11.1. The van der Waals surface area contributed by atoms with Gasteiger partial charge in [-0.3, -0.25) is 24.3 Å². The van der Waals surface area contributed by atoms with Crippen LogP contribution in [0.25, 0.3) is 11.2 Å². The number of aromatic amines is 2. The number of hydrogen-bond acceptors (Lipinski definition) is 16. The molecule has 0 saturated carbocycles. The quantitative estimate of drug-likeness (QED) is 0.0329. The molecular formula is C32H43N13O7. The fourth-order valence-electron chi connectivity index (χ4n) is 4.72. The number of aliphatic hydroxyl groups is 1. The topological polar surface area (TPSA) is 273 Å². The van der Waals surface area contributed by atoms with Crippen molar-refractivity contribution in [2.24, 2.45) is 0 Å². The largest absolute Gasteiger partial charge is 0.395 e. The van der Waals surface area contributed by atoms with Gasteiger partial charge < -0.3 is 41.0 Å². The smallest absolute Gasteiger partial charge is 0.280 e. The molecule has 0 aliphatic carbocycles. The van der Waals surface area contributed by atoms with Crippen molar-refractivity contribution in [2.45, 2.75) is 25.4 Å². The van der Waals surface area contributed by atoms with Crippen LogP contribution < -0.4 is 27.2 Å². The fourth-order valence-corrected chi connectivity index (χ4v) is 4.72. The normalized spacial score (nSPS) is 11.7. The number of carbonyl (C=O) groups excluding carboxylic acids is 2. The van der Waals surface area contributed by atoms with Crippen LogP contribution in [0.5, 0.6) is 0 Å². The van der Waals surface area contributed by atoms with Gasteiger partial charge in [-0.15, -0.1) is 16.6 Å². The minimum absolute atomic E-state index is 0.0384. The van der Waals surface area contributed by atoms with Crippen LogP contribution in [-0.2, 0) is 25.5 Å². The SMILES string of the molecule is C#CCN(CCO)CCOCCOCCOCCNC(=O)CC[C@H](NC(=O)c1ccc(NCc2cnc3nc(N)[nH]c(=O)c3n2)cc1)c1nn[nH]n1. The highest BCUT2D eigenvalue weighted by Gasteiger charge is 2.21. The van der Waals surface area contributed by atoms with Crippen LogP contribution in [-0.4, -0.2) is 135 Å². The van der Waals surface area contributed by atoms with E-state index in [0.717, 1.165) is 0 Å². The number of nitrogen functional groups attached to an aromatic ring is 1. The van der Waals surface area contributed by atoms with E-state index in [0.29, 0.717) is 82.8 Å². The first kappa shape index (κ1) is 39.2. The molecule has 4 aromatic rings. The Labute approximate surface area is 298 Å². The molecule has 20 heteroatoms. The Morgan fingerprint density at radius 2 is 1.79 bits per heavy atom. The predicted octanol–water partition coefficient (Wildman–Crippen LogP) is -1.23. The maximum atomic E-state index is 13.1. The molecule has 0 saturated heterocycles. The van der Waals surface area contributed by atoms with Gasteiger partial charge in [-0.05, 0) is 30.7 Å². The van der Waals surface area contributed by atoms with E-state index in [4.69, 9.17) is 31.5 Å². The zero-order valence-electron chi connectivity index (χ0n) is 28.5. The molecule has 0 radical (unpaired) electrons. The van der Waals surface area contributed by atoms with Crippen LogP contribution >= 0.6 is 0 Å². The van der Waals surface area contributed by atoms with E-state index < -0.39 is 11.6 Å². The highest BCUT2D eigenvalue weighted by atomic mass is 16.5. The summed E-state index contributed by atoms with van der Waals surface area (Å²) in [5.74, 6) is 2.14. The standard InChI is InChI=1S/C32H43N13O7/c1-2-10-45(11-13-46)12-15-51-17-19-52-18-16-50-14-9-34-26(47)8-7-25(28-41-43-44-42-28)38-30(48)22-3-5-23(6-4-22)35-20-24-21-36-29-27(37-24)31(49)40-32(33)39-29/h1,3-6,21,25,35,46H,7-20H2,(H,34,47)(H,38,48)(H,41,42,43,44)(H3,33,36,39,40,49)/t25-/m0/s1. The summed E-state index contributed by atoms with van der Waals surface area (Å²) in [6, 6.07) is 6.04. The van der Waals surface area contributed by atoms with Gasteiger partial charge in [-0.1, -0.05) is 11.1 Å². The van der Waals surface area contributed by atoms with Crippen molar-refractivity contribution in [3.05, 3.63) is 57.9 Å². The minimum Gasteiger partial charge on any atom is -0.395 e. The number of fused-ring (bicyclic) bond motifs is 1. The average Bonchev–Trinajstić information content (AvgIpc) is 3.68. The third-order valence-corrected chi connectivity index (χ3v) is 7.34. The number of nitrogens with one attached hydrogen (secondary N) is 5. The summed E-state index contributed by atoms with van der Waals surface area (Å²) in [5, 5.41) is 31.8. The van der Waals surface area contributed by atoms with Crippen molar-refractivity contribution in [1.82, 2.24) is 56.1 Å². The van der Waals surface area contributed by atoms with Gasteiger partial charge in [0.15, 0.2) is 17.0 Å². The second kappa shape index (κ2) is 21.6. The summed E-state index contributed by atoms with van der Waals surface area (Å²) in [6.07, 6.45) is 7.13. The molecule has 0 spiro atoms. The number of carbonyl (C=O) groups is 2. The van der Waals surface area contributed by atoms with E-state index in [1.807, 2.05) is 4.90 Å². The number of benzene rings is 1. The molecule has 278 valence electrons. The number of ether oxygens (including phenoxy) is 3. The van der Waals surface area contributed by atoms with E-state index >= 15 is 0 Å². The van der Waals surface area contributed by atoms with Gasteiger partial charge in [-0.25, -0.2) is 9.97 Å². The van der Waals surface area contributed by atoms with E-state index in [2.05, 4.69) is 62.4 Å². The Morgan fingerprint density at radius 3 is 2.50 bits per heavy atom.